The SMILES string of the molecule is Nc1cc(F)cc(F)c1NC(=O)c1cc(O)ccc1O. The number of halogens is 2. The standard InChI is InChI=1S/C13H10F2N2O3/c14-6-3-9(15)12(10(16)4-6)17-13(20)8-5-7(18)1-2-11(8)19/h1-5,18-19H,16H2,(H,17,20). The molecule has 5 N–H and O–H groups in total. The molecule has 0 radical (unpaired) electrons. The van der Waals surface area contributed by atoms with Gasteiger partial charge >= 0.3 is 0 Å². The maximum Gasteiger partial charge on any atom is 0.259 e. The third kappa shape index (κ3) is 2.61. The van der Waals surface area contributed by atoms with Crippen LogP contribution in [0, 0.1) is 11.6 Å². The molecule has 0 atom stereocenters. The second-order valence-electron chi connectivity index (χ2n) is 4.01. The molecule has 0 aliphatic carbocycles. The summed E-state index contributed by atoms with van der Waals surface area (Å²) in [6.45, 7) is 0. The quantitative estimate of drug-likeness (QED) is 0.501. The number of nitrogen functional groups attached to an aromatic ring is 1. The Kier molecular flexibility index (Phi) is 3.43. The van der Waals surface area contributed by atoms with Crippen LogP contribution in [0.5, 0.6) is 11.5 Å². The molecule has 1 amide bonds. The van der Waals surface area contributed by atoms with Crippen molar-refractivity contribution in [3.63, 3.8) is 0 Å². The highest BCUT2D eigenvalue weighted by Crippen LogP contribution is 2.27. The minimum Gasteiger partial charge on any atom is -0.508 e. The smallest absolute Gasteiger partial charge is 0.259 e. The van der Waals surface area contributed by atoms with Crippen molar-refractivity contribution < 1.29 is 23.8 Å². The first kappa shape index (κ1) is 13.6. The average molecular weight is 280 g/mol. The van der Waals surface area contributed by atoms with Crippen molar-refractivity contribution in [2.75, 3.05) is 11.1 Å². The summed E-state index contributed by atoms with van der Waals surface area (Å²) in [6, 6.07) is 4.70. The van der Waals surface area contributed by atoms with Gasteiger partial charge in [0.2, 0.25) is 0 Å². The van der Waals surface area contributed by atoms with E-state index in [1.54, 1.807) is 0 Å². The summed E-state index contributed by atoms with van der Waals surface area (Å²) in [4.78, 5) is 11.9. The van der Waals surface area contributed by atoms with Crippen LogP contribution < -0.4 is 11.1 Å². The van der Waals surface area contributed by atoms with Crippen LogP contribution in [-0.4, -0.2) is 16.1 Å². The first-order valence-electron chi connectivity index (χ1n) is 5.46. The predicted molar refractivity (Wildman–Crippen MR) is 68.5 cm³/mol. The van der Waals surface area contributed by atoms with Gasteiger partial charge in [0, 0.05) is 6.07 Å². The number of amides is 1. The van der Waals surface area contributed by atoms with Gasteiger partial charge in [-0.15, -0.1) is 0 Å². The Bertz CT molecular complexity index is 666. The highest BCUT2D eigenvalue weighted by atomic mass is 19.1. The van der Waals surface area contributed by atoms with E-state index in [4.69, 9.17) is 5.73 Å². The maximum absolute atomic E-state index is 13.5. The molecule has 0 saturated heterocycles. The van der Waals surface area contributed by atoms with Gasteiger partial charge in [0.1, 0.15) is 23.0 Å². The number of hydrogen-bond acceptors (Lipinski definition) is 4. The lowest BCUT2D eigenvalue weighted by Crippen LogP contribution is -2.15. The lowest BCUT2D eigenvalue weighted by molar-refractivity contribution is 0.102. The average Bonchev–Trinajstić information content (AvgIpc) is 2.36. The molecule has 0 aromatic heterocycles. The van der Waals surface area contributed by atoms with Crippen LogP contribution in [-0.2, 0) is 0 Å². The molecule has 0 saturated carbocycles. The zero-order valence-electron chi connectivity index (χ0n) is 10.0. The van der Waals surface area contributed by atoms with Gasteiger partial charge in [-0.25, -0.2) is 8.78 Å². The molecular formula is C13H10F2N2O3. The van der Waals surface area contributed by atoms with Gasteiger partial charge in [-0.1, -0.05) is 0 Å². The Labute approximate surface area is 112 Å². The third-order valence-corrected chi connectivity index (χ3v) is 2.55. The number of carbonyl (C=O) groups excluding carboxylic acids is 1. The van der Waals surface area contributed by atoms with E-state index in [9.17, 15) is 23.8 Å². The summed E-state index contributed by atoms with van der Waals surface area (Å²) in [6.07, 6.45) is 0. The Morgan fingerprint density at radius 2 is 1.85 bits per heavy atom. The van der Waals surface area contributed by atoms with Crippen LogP contribution in [0.1, 0.15) is 10.4 Å². The number of phenols is 2. The molecule has 2 aromatic rings. The molecule has 2 rings (SSSR count). The van der Waals surface area contributed by atoms with Crippen LogP contribution in [0.25, 0.3) is 0 Å². The molecule has 104 valence electrons. The van der Waals surface area contributed by atoms with Crippen molar-refractivity contribution in [2.45, 2.75) is 0 Å². The Morgan fingerprint density at radius 1 is 1.15 bits per heavy atom. The topological polar surface area (TPSA) is 95.6 Å². The van der Waals surface area contributed by atoms with Crippen LogP contribution >= 0.6 is 0 Å². The van der Waals surface area contributed by atoms with Crippen molar-refractivity contribution in [3.05, 3.63) is 47.5 Å². The minimum absolute atomic E-state index is 0.250. The molecule has 0 bridgehead atoms. The zero-order valence-corrected chi connectivity index (χ0v) is 10.0. The number of phenolic OH excluding ortho intramolecular Hbond substituents is 2. The van der Waals surface area contributed by atoms with Crippen molar-refractivity contribution in [2.24, 2.45) is 0 Å². The lowest BCUT2D eigenvalue weighted by atomic mass is 10.1. The second kappa shape index (κ2) is 5.04. The third-order valence-electron chi connectivity index (χ3n) is 2.55. The number of rotatable bonds is 2. The second-order valence-corrected chi connectivity index (χ2v) is 4.01. The van der Waals surface area contributed by atoms with Crippen molar-refractivity contribution in [3.8, 4) is 11.5 Å². The summed E-state index contributed by atoms with van der Waals surface area (Å²) >= 11 is 0. The summed E-state index contributed by atoms with van der Waals surface area (Å²) in [5.41, 5.74) is 4.44. The molecule has 0 heterocycles. The van der Waals surface area contributed by atoms with Gasteiger partial charge in [0.05, 0.1) is 11.3 Å². The van der Waals surface area contributed by atoms with Crippen LogP contribution in [0.3, 0.4) is 0 Å². The molecular weight excluding hydrogens is 270 g/mol. The number of carbonyl (C=O) groups is 1. The molecule has 20 heavy (non-hydrogen) atoms. The van der Waals surface area contributed by atoms with Gasteiger partial charge in [-0.3, -0.25) is 4.79 Å². The van der Waals surface area contributed by atoms with Crippen molar-refractivity contribution >= 4 is 17.3 Å². The van der Waals surface area contributed by atoms with E-state index in [2.05, 4.69) is 5.32 Å². The number of anilines is 2. The Morgan fingerprint density at radius 3 is 2.50 bits per heavy atom. The van der Waals surface area contributed by atoms with Crippen molar-refractivity contribution in [1.29, 1.82) is 0 Å². The van der Waals surface area contributed by atoms with E-state index in [0.717, 1.165) is 18.2 Å². The number of aromatic hydroxyl groups is 2. The van der Waals surface area contributed by atoms with E-state index >= 15 is 0 Å². The first-order chi connectivity index (χ1) is 9.38. The Hall–Kier alpha value is -2.83. The van der Waals surface area contributed by atoms with E-state index in [0.29, 0.717) is 6.07 Å². The van der Waals surface area contributed by atoms with Gasteiger partial charge in [0.15, 0.2) is 5.82 Å². The molecule has 2 aromatic carbocycles. The van der Waals surface area contributed by atoms with Crippen molar-refractivity contribution in [1.82, 2.24) is 0 Å². The number of nitrogens with two attached hydrogens (primary N) is 1. The molecule has 7 heteroatoms. The largest absolute Gasteiger partial charge is 0.508 e. The van der Waals surface area contributed by atoms with Gasteiger partial charge in [-0.2, -0.15) is 0 Å². The fourth-order valence-electron chi connectivity index (χ4n) is 1.61. The lowest BCUT2D eigenvalue weighted by Gasteiger charge is -2.10. The summed E-state index contributed by atoms with van der Waals surface area (Å²) in [7, 11) is 0. The van der Waals surface area contributed by atoms with Crippen LogP contribution in [0.2, 0.25) is 0 Å². The summed E-state index contributed by atoms with van der Waals surface area (Å²) in [5.74, 6) is -3.47. The fourth-order valence-corrected chi connectivity index (χ4v) is 1.61. The molecule has 0 unspecified atom stereocenters. The van der Waals surface area contributed by atoms with Gasteiger partial charge in [-0.05, 0) is 24.3 Å². The van der Waals surface area contributed by atoms with Crippen LogP contribution in [0.4, 0.5) is 20.2 Å². The van der Waals surface area contributed by atoms with E-state index in [-0.39, 0.29) is 17.0 Å². The number of hydrogen-bond donors (Lipinski definition) is 4. The van der Waals surface area contributed by atoms with Crippen LogP contribution in [0.15, 0.2) is 30.3 Å². The van der Waals surface area contributed by atoms with E-state index < -0.39 is 29.0 Å². The zero-order chi connectivity index (χ0) is 14.9. The number of nitrogens with one attached hydrogen (secondary N) is 1. The number of benzene rings is 2. The molecule has 0 fully saturated rings. The summed E-state index contributed by atoms with van der Waals surface area (Å²) in [5, 5.41) is 20.9. The highest BCUT2D eigenvalue weighted by Gasteiger charge is 2.16. The highest BCUT2D eigenvalue weighted by molar-refractivity contribution is 6.07. The first-order valence-corrected chi connectivity index (χ1v) is 5.46. The molecule has 0 spiro atoms. The van der Waals surface area contributed by atoms with E-state index in [1.165, 1.54) is 6.07 Å². The van der Waals surface area contributed by atoms with Gasteiger partial charge < -0.3 is 21.3 Å². The van der Waals surface area contributed by atoms with E-state index in [1.807, 2.05) is 0 Å². The Balaban J connectivity index is 2.35. The molecule has 0 aliphatic heterocycles. The molecule has 0 aliphatic rings. The van der Waals surface area contributed by atoms with Gasteiger partial charge in [0.25, 0.3) is 5.91 Å². The maximum atomic E-state index is 13.5. The molecule has 5 nitrogen and oxygen atoms in total. The monoisotopic (exact) mass is 280 g/mol. The predicted octanol–water partition coefficient (Wildman–Crippen LogP) is 2.21. The summed E-state index contributed by atoms with van der Waals surface area (Å²) < 4.78 is 26.4. The fraction of sp³-hybridized carbons (Fsp3) is 0. The minimum atomic E-state index is -1.05. The normalized spacial score (nSPS) is 10.3.